The highest BCUT2D eigenvalue weighted by atomic mass is 79.9. The zero-order valence-corrected chi connectivity index (χ0v) is 15.1. The fraction of sp³-hybridized carbons (Fsp3) is 0.278. The second kappa shape index (κ2) is 7.51. The fourth-order valence-electron chi connectivity index (χ4n) is 2.24. The number of amides is 1. The Labute approximate surface area is 145 Å². The molecule has 0 saturated heterocycles. The Hall–Kier alpha value is -2.01. The molecule has 2 aromatic carbocycles. The van der Waals surface area contributed by atoms with Crippen LogP contribution >= 0.6 is 15.9 Å². The summed E-state index contributed by atoms with van der Waals surface area (Å²) in [6, 6.07) is 11.3. The number of rotatable bonds is 5. The van der Waals surface area contributed by atoms with Gasteiger partial charge in [-0.05, 0) is 44.5 Å². The van der Waals surface area contributed by atoms with Gasteiger partial charge in [-0.2, -0.15) is 0 Å². The van der Waals surface area contributed by atoms with E-state index in [0.717, 1.165) is 21.3 Å². The molecule has 122 valence electrons. The van der Waals surface area contributed by atoms with E-state index >= 15 is 0 Å². The van der Waals surface area contributed by atoms with Crippen molar-refractivity contribution in [3.8, 4) is 5.75 Å². The van der Waals surface area contributed by atoms with Gasteiger partial charge in [0.25, 0.3) is 0 Å². The van der Waals surface area contributed by atoms with Gasteiger partial charge in [-0.15, -0.1) is 0 Å². The summed E-state index contributed by atoms with van der Waals surface area (Å²) in [6.45, 7) is 5.82. The first-order valence-corrected chi connectivity index (χ1v) is 8.26. The molecule has 0 radical (unpaired) electrons. The topological polar surface area (TPSA) is 64.3 Å². The zero-order chi connectivity index (χ0) is 17.0. The van der Waals surface area contributed by atoms with E-state index in [1.807, 2.05) is 51.1 Å². The van der Waals surface area contributed by atoms with Crippen LogP contribution < -0.4 is 15.8 Å². The SMILES string of the molecule is Cc1cc(Br)cc(NC(=O)Cc2ccccc2OC(C)C)c1N. The number of carbonyl (C=O) groups is 1. The van der Waals surface area contributed by atoms with Crippen LogP contribution in [-0.2, 0) is 11.2 Å². The molecule has 0 saturated carbocycles. The summed E-state index contributed by atoms with van der Waals surface area (Å²) in [4.78, 5) is 12.4. The van der Waals surface area contributed by atoms with Crippen molar-refractivity contribution in [1.29, 1.82) is 0 Å². The highest BCUT2D eigenvalue weighted by molar-refractivity contribution is 9.10. The lowest BCUT2D eigenvalue weighted by Gasteiger charge is -2.15. The Morgan fingerprint density at radius 2 is 2.00 bits per heavy atom. The lowest BCUT2D eigenvalue weighted by molar-refractivity contribution is -0.115. The summed E-state index contributed by atoms with van der Waals surface area (Å²) >= 11 is 3.42. The van der Waals surface area contributed by atoms with Gasteiger partial charge in [-0.25, -0.2) is 0 Å². The maximum atomic E-state index is 12.4. The van der Waals surface area contributed by atoms with Crippen LogP contribution in [0.15, 0.2) is 40.9 Å². The van der Waals surface area contributed by atoms with Crippen LogP contribution in [-0.4, -0.2) is 12.0 Å². The molecular formula is C18H21BrN2O2. The number of anilines is 2. The molecule has 0 bridgehead atoms. The molecule has 0 fully saturated rings. The van der Waals surface area contributed by atoms with E-state index < -0.39 is 0 Å². The van der Waals surface area contributed by atoms with E-state index in [2.05, 4.69) is 21.2 Å². The van der Waals surface area contributed by atoms with Crippen LogP contribution in [0.25, 0.3) is 0 Å². The molecular weight excluding hydrogens is 356 g/mol. The van der Waals surface area contributed by atoms with E-state index in [4.69, 9.17) is 10.5 Å². The number of ether oxygens (including phenoxy) is 1. The van der Waals surface area contributed by atoms with E-state index in [1.165, 1.54) is 0 Å². The first-order valence-electron chi connectivity index (χ1n) is 7.47. The standard InChI is InChI=1S/C18H21BrN2O2/c1-11(2)23-16-7-5-4-6-13(16)9-17(22)21-15-10-14(19)8-12(3)18(15)20/h4-8,10-11H,9,20H2,1-3H3,(H,21,22). The number of nitrogens with two attached hydrogens (primary N) is 1. The maximum Gasteiger partial charge on any atom is 0.228 e. The van der Waals surface area contributed by atoms with Gasteiger partial charge in [-0.3, -0.25) is 4.79 Å². The number of nitrogens with one attached hydrogen (secondary N) is 1. The first-order chi connectivity index (χ1) is 10.9. The van der Waals surface area contributed by atoms with Gasteiger partial charge in [0.1, 0.15) is 5.75 Å². The molecule has 0 aliphatic rings. The maximum absolute atomic E-state index is 12.4. The predicted molar refractivity (Wildman–Crippen MR) is 97.8 cm³/mol. The smallest absolute Gasteiger partial charge is 0.228 e. The zero-order valence-electron chi connectivity index (χ0n) is 13.5. The third-order valence-electron chi connectivity index (χ3n) is 3.31. The van der Waals surface area contributed by atoms with Crippen molar-refractivity contribution in [1.82, 2.24) is 0 Å². The third-order valence-corrected chi connectivity index (χ3v) is 3.77. The van der Waals surface area contributed by atoms with E-state index in [1.54, 1.807) is 6.07 Å². The molecule has 23 heavy (non-hydrogen) atoms. The number of carbonyl (C=O) groups excluding carboxylic acids is 1. The molecule has 5 heteroatoms. The average Bonchev–Trinajstić information content (AvgIpc) is 2.45. The Morgan fingerprint density at radius 3 is 2.70 bits per heavy atom. The van der Waals surface area contributed by atoms with Crippen LogP contribution in [0.5, 0.6) is 5.75 Å². The van der Waals surface area contributed by atoms with Crippen LogP contribution in [0.4, 0.5) is 11.4 Å². The van der Waals surface area contributed by atoms with E-state index in [9.17, 15) is 4.79 Å². The van der Waals surface area contributed by atoms with Crippen molar-refractivity contribution in [2.24, 2.45) is 0 Å². The van der Waals surface area contributed by atoms with Crippen LogP contribution in [0, 0.1) is 6.92 Å². The van der Waals surface area contributed by atoms with E-state index in [0.29, 0.717) is 11.4 Å². The van der Waals surface area contributed by atoms with E-state index in [-0.39, 0.29) is 18.4 Å². The highest BCUT2D eigenvalue weighted by Crippen LogP contribution is 2.28. The van der Waals surface area contributed by atoms with Gasteiger partial charge < -0.3 is 15.8 Å². The number of halogens is 1. The number of hydrogen-bond donors (Lipinski definition) is 2. The Bertz CT molecular complexity index is 714. The molecule has 0 heterocycles. The van der Waals surface area contributed by atoms with Crippen molar-refractivity contribution >= 4 is 33.2 Å². The molecule has 4 nitrogen and oxygen atoms in total. The summed E-state index contributed by atoms with van der Waals surface area (Å²) in [5.41, 5.74) is 8.99. The molecule has 3 N–H and O–H groups in total. The van der Waals surface area contributed by atoms with Gasteiger partial charge in [0.2, 0.25) is 5.91 Å². The number of benzene rings is 2. The summed E-state index contributed by atoms with van der Waals surface area (Å²) in [6.07, 6.45) is 0.288. The van der Waals surface area contributed by atoms with Crippen LogP contribution in [0.3, 0.4) is 0 Å². The minimum absolute atomic E-state index is 0.0579. The number of hydrogen-bond acceptors (Lipinski definition) is 3. The molecule has 1 amide bonds. The number of aryl methyl sites for hydroxylation is 1. The minimum atomic E-state index is -0.131. The second-order valence-electron chi connectivity index (χ2n) is 5.68. The van der Waals surface area contributed by atoms with Gasteiger partial charge in [0, 0.05) is 10.0 Å². The van der Waals surface area contributed by atoms with Gasteiger partial charge in [-0.1, -0.05) is 34.1 Å². The Morgan fingerprint density at radius 1 is 1.30 bits per heavy atom. The summed E-state index contributed by atoms with van der Waals surface area (Å²) in [5.74, 6) is 0.602. The predicted octanol–water partition coefficient (Wildman–Crippen LogP) is 4.31. The van der Waals surface area contributed by atoms with Crippen molar-refractivity contribution in [2.45, 2.75) is 33.3 Å². The second-order valence-corrected chi connectivity index (χ2v) is 6.60. The third kappa shape index (κ3) is 4.73. The fourth-order valence-corrected chi connectivity index (χ4v) is 2.82. The lowest BCUT2D eigenvalue weighted by Crippen LogP contribution is -2.17. The quantitative estimate of drug-likeness (QED) is 0.764. The molecule has 0 unspecified atom stereocenters. The monoisotopic (exact) mass is 376 g/mol. The largest absolute Gasteiger partial charge is 0.491 e. The number of para-hydroxylation sites is 1. The minimum Gasteiger partial charge on any atom is -0.491 e. The summed E-state index contributed by atoms with van der Waals surface area (Å²) < 4.78 is 6.62. The highest BCUT2D eigenvalue weighted by Gasteiger charge is 2.12. The van der Waals surface area contributed by atoms with Crippen LogP contribution in [0.1, 0.15) is 25.0 Å². The normalized spacial score (nSPS) is 10.7. The van der Waals surface area contributed by atoms with Gasteiger partial charge in [0.05, 0.1) is 23.9 Å². The number of nitrogen functional groups attached to an aromatic ring is 1. The van der Waals surface area contributed by atoms with Crippen molar-refractivity contribution in [3.05, 3.63) is 52.0 Å². The average molecular weight is 377 g/mol. The lowest BCUT2D eigenvalue weighted by atomic mass is 10.1. The molecule has 0 aromatic heterocycles. The first kappa shape index (κ1) is 17.3. The molecule has 0 aliphatic carbocycles. The molecule has 0 aliphatic heterocycles. The molecule has 0 spiro atoms. The van der Waals surface area contributed by atoms with Crippen molar-refractivity contribution < 1.29 is 9.53 Å². The summed E-state index contributed by atoms with van der Waals surface area (Å²) in [5, 5.41) is 2.87. The molecule has 0 atom stereocenters. The van der Waals surface area contributed by atoms with Crippen LogP contribution in [0.2, 0.25) is 0 Å². The van der Waals surface area contributed by atoms with Gasteiger partial charge >= 0.3 is 0 Å². The van der Waals surface area contributed by atoms with Gasteiger partial charge in [0.15, 0.2) is 0 Å². The Balaban J connectivity index is 2.15. The van der Waals surface area contributed by atoms with Crippen molar-refractivity contribution in [3.63, 3.8) is 0 Å². The van der Waals surface area contributed by atoms with Crippen molar-refractivity contribution in [2.75, 3.05) is 11.1 Å². The Kier molecular flexibility index (Phi) is 5.66. The molecule has 2 rings (SSSR count). The summed E-state index contributed by atoms with van der Waals surface area (Å²) in [7, 11) is 0. The molecule has 2 aromatic rings.